The first-order valence-corrected chi connectivity index (χ1v) is 13.0. The molecule has 0 radical (unpaired) electrons. The van der Waals surface area contributed by atoms with Crippen molar-refractivity contribution in [1.82, 2.24) is 4.98 Å². The lowest BCUT2D eigenvalue weighted by Crippen LogP contribution is -2.26. The molecular formula is C31H31FN2O5. The maximum absolute atomic E-state index is 15.3. The van der Waals surface area contributed by atoms with E-state index in [0.29, 0.717) is 53.4 Å². The van der Waals surface area contributed by atoms with Crippen molar-refractivity contribution in [3.05, 3.63) is 84.3 Å². The van der Waals surface area contributed by atoms with E-state index in [9.17, 15) is 4.79 Å². The van der Waals surface area contributed by atoms with Crippen LogP contribution in [0.4, 0.5) is 10.1 Å². The lowest BCUT2D eigenvalue weighted by atomic mass is 9.94. The Labute approximate surface area is 227 Å². The molecule has 5 rings (SSSR count). The van der Waals surface area contributed by atoms with Gasteiger partial charge in [-0.1, -0.05) is 37.3 Å². The third-order valence-corrected chi connectivity index (χ3v) is 6.87. The number of methoxy groups -OCH3 is 2. The van der Waals surface area contributed by atoms with E-state index in [4.69, 9.17) is 18.9 Å². The van der Waals surface area contributed by atoms with E-state index in [1.807, 2.05) is 30.3 Å². The Morgan fingerprint density at radius 1 is 0.974 bits per heavy atom. The summed E-state index contributed by atoms with van der Waals surface area (Å²) in [6.45, 7) is 3.11. The van der Waals surface area contributed by atoms with Gasteiger partial charge in [-0.15, -0.1) is 0 Å². The highest BCUT2D eigenvalue weighted by atomic mass is 19.1. The fourth-order valence-electron chi connectivity index (χ4n) is 4.97. The summed E-state index contributed by atoms with van der Waals surface area (Å²) < 4.78 is 38.2. The molecule has 0 unspecified atom stereocenters. The fourth-order valence-corrected chi connectivity index (χ4v) is 4.97. The van der Waals surface area contributed by atoms with Crippen molar-refractivity contribution in [1.29, 1.82) is 0 Å². The number of hydrogen-bond acceptors (Lipinski definition) is 6. The van der Waals surface area contributed by atoms with Gasteiger partial charge in [0.2, 0.25) is 5.91 Å². The van der Waals surface area contributed by atoms with Crippen LogP contribution < -0.4 is 19.1 Å². The largest absolute Gasteiger partial charge is 0.493 e. The molecule has 1 saturated heterocycles. The average molecular weight is 531 g/mol. The molecule has 202 valence electrons. The highest BCUT2D eigenvalue weighted by Gasteiger charge is 2.37. The fraction of sp³-hybridized carbons (Fsp3) is 0.290. The lowest BCUT2D eigenvalue weighted by Gasteiger charge is -2.24. The van der Waals surface area contributed by atoms with Crippen molar-refractivity contribution in [3.63, 3.8) is 0 Å². The highest BCUT2D eigenvalue weighted by molar-refractivity contribution is 5.96. The van der Waals surface area contributed by atoms with Crippen LogP contribution in [0.1, 0.15) is 31.4 Å². The molecule has 3 aromatic carbocycles. The van der Waals surface area contributed by atoms with Crippen LogP contribution in [0.15, 0.2) is 72.9 Å². The van der Waals surface area contributed by atoms with Crippen LogP contribution in [0, 0.1) is 11.7 Å². The van der Waals surface area contributed by atoms with Gasteiger partial charge in [0, 0.05) is 54.9 Å². The molecule has 0 aliphatic carbocycles. The Balaban J connectivity index is 1.37. The number of nitrogens with zero attached hydrogens (tertiary/aromatic N) is 2. The third-order valence-electron chi connectivity index (χ3n) is 6.87. The number of benzene rings is 3. The van der Waals surface area contributed by atoms with E-state index in [1.54, 1.807) is 55.6 Å². The number of carbonyl (C=O) groups excluding carboxylic acids is 1. The topological polar surface area (TPSA) is 70.1 Å². The minimum Gasteiger partial charge on any atom is -0.493 e. The van der Waals surface area contributed by atoms with Crippen molar-refractivity contribution < 1.29 is 28.1 Å². The summed E-state index contributed by atoms with van der Waals surface area (Å²) in [7, 11) is 3.09. The molecule has 2 atom stereocenters. The molecule has 1 fully saturated rings. The molecular weight excluding hydrogens is 499 g/mol. The minimum absolute atomic E-state index is 0.0395. The first kappa shape index (κ1) is 26.4. The summed E-state index contributed by atoms with van der Waals surface area (Å²) in [5, 5.41) is 0.648. The van der Waals surface area contributed by atoms with Gasteiger partial charge in [-0.05, 0) is 36.2 Å². The number of fused-ring (bicyclic) bond motifs is 1. The maximum atomic E-state index is 15.3. The van der Waals surface area contributed by atoms with Crippen LogP contribution in [0.3, 0.4) is 0 Å². The third kappa shape index (κ3) is 5.52. The van der Waals surface area contributed by atoms with E-state index >= 15 is 4.39 Å². The smallest absolute Gasteiger partial charge is 0.227 e. The van der Waals surface area contributed by atoms with Gasteiger partial charge in [-0.25, -0.2) is 4.39 Å². The average Bonchev–Trinajstić information content (AvgIpc) is 3.35. The Bertz CT molecular complexity index is 1460. The van der Waals surface area contributed by atoms with Crippen LogP contribution in [-0.4, -0.2) is 38.3 Å². The van der Waals surface area contributed by atoms with Gasteiger partial charge in [0.25, 0.3) is 0 Å². The van der Waals surface area contributed by atoms with Gasteiger partial charge < -0.3 is 23.8 Å². The van der Waals surface area contributed by atoms with Crippen molar-refractivity contribution in [2.24, 2.45) is 5.92 Å². The van der Waals surface area contributed by atoms with E-state index in [0.717, 1.165) is 12.0 Å². The van der Waals surface area contributed by atoms with Gasteiger partial charge in [0.15, 0.2) is 23.1 Å². The summed E-state index contributed by atoms with van der Waals surface area (Å²) in [6, 6.07) is 19.7. The molecule has 1 amide bonds. The zero-order chi connectivity index (χ0) is 27.4. The second-order valence-corrected chi connectivity index (χ2v) is 9.42. The maximum Gasteiger partial charge on any atom is 0.227 e. The van der Waals surface area contributed by atoms with Crippen molar-refractivity contribution in [3.8, 4) is 23.0 Å². The number of anilines is 1. The number of halogens is 1. The molecule has 0 bridgehead atoms. The number of aromatic nitrogens is 1. The summed E-state index contributed by atoms with van der Waals surface area (Å²) in [4.78, 5) is 19.0. The summed E-state index contributed by atoms with van der Waals surface area (Å²) in [6.07, 6.45) is 2.59. The predicted molar refractivity (Wildman–Crippen MR) is 147 cm³/mol. The molecule has 7 nitrogen and oxygen atoms in total. The number of hydrogen-bond donors (Lipinski definition) is 0. The molecule has 8 heteroatoms. The van der Waals surface area contributed by atoms with Gasteiger partial charge >= 0.3 is 0 Å². The van der Waals surface area contributed by atoms with Gasteiger partial charge in [0.1, 0.15) is 5.75 Å². The molecule has 0 saturated carbocycles. The van der Waals surface area contributed by atoms with Crippen LogP contribution in [0.5, 0.6) is 23.0 Å². The van der Waals surface area contributed by atoms with Crippen molar-refractivity contribution in [2.45, 2.75) is 25.9 Å². The van der Waals surface area contributed by atoms with E-state index in [2.05, 4.69) is 11.9 Å². The number of carbonyl (C=O) groups is 1. The zero-order valence-corrected chi connectivity index (χ0v) is 22.2. The van der Waals surface area contributed by atoms with Crippen molar-refractivity contribution >= 4 is 22.5 Å². The zero-order valence-electron chi connectivity index (χ0n) is 22.2. The molecule has 0 spiro atoms. The molecule has 2 heterocycles. The Hall–Kier alpha value is -4.17. The first-order chi connectivity index (χ1) is 19.0. The normalized spacial score (nSPS) is 15.9. The van der Waals surface area contributed by atoms with Crippen LogP contribution >= 0.6 is 0 Å². The minimum atomic E-state index is -0.573. The van der Waals surface area contributed by atoms with Gasteiger partial charge in [-0.2, -0.15) is 0 Å². The Morgan fingerprint density at radius 3 is 2.46 bits per heavy atom. The van der Waals surface area contributed by atoms with Crippen LogP contribution in [0.25, 0.3) is 10.9 Å². The quantitative estimate of drug-likeness (QED) is 0.227. The second-order valence-electron chi connectivity index (χ2n) is 9.42. The molecule has 4 aromatic rings. The summed E-state index contributed by atoms with van der Waals surface area (Å²) in [5.41, 5.74) is 2.15. The Kier molecular flexibility index (Phi) is 7.93. The number of pyridine rings is 1. The molecule has 39 heavy (non-hydrogen) atoms. The predicted octanol–water partition coefficient (Wildman–Crippen LogP) is 6.70. The summed E-state index contributed by atoms with van der Waals surface area (Å²) >= 11 is 0. The lowest BCUT2D eigenvalue weighted by molar-refractivity contribution is -0.117. The number of ether oxygens (including phenoxy) is 4. The highest BCUT2D eigenvalue weighted by Crippen LogP contribution is 2.39. The van der Waals surface area contributed by atoms with Gasteiger partial charge in [0.05, 0.1) is 25.8 Å². The molecule has 0 N–H and O–H groups in total. The van der Waals surface area contributed by atoms with E-state index < -0.39 is 5.82 Å². The first-order valence-electron chi connectivity index (χ1n) is 13.0. The summed E-state index contributed by atoms with van der Waals surface area (Å²) in [5.74, 6) is 0.833. The van der Waals surface area contributed by atoms with Crippen molar-refractivity contribution in [2.75, 3.05) is 32.3 Å². The molecule has 1 aliphatic heterocycles. The standard InChI is InChI=1S/C31H31FN2O5/c1-4-14-38-31(20-8-6-5-7-9-20)21-15-30(35)34(19-21)22-10-11-27(24(32)16-22)39-26-12-13-33-25-18-29(37-3)28(36-2)17-23(25)26/h5-13,16-18,21,31H,4,14-15,19H2,1-3H3/t21-,31-/m1/s1. The van der Waals surface area contributed by atoms with Gasteiger partial charge in [-0.3, -0.25) is 9.78 Å². The van der Waals surface area contributed by atoms with E-state index in [1.165, 1.54) is 6.07 Å². The number of rotatable bonds is 10. The second kappa shape index (κ2) is 11.7. The molecule has 1 aromatic heterocycles. The SMILES string of the molecule is CCCO[C@H](c1ccccc1)[C@@H]1CC(=O)N(c2ccc(Oc3ccnc4cc(OC)c(OC)cc34)c(F)c2)C1. The Morgan fingerprint density at radius 2 is 1.74 bits per heavy atom. The number of amides is 1. The molecule has 1 aliphatic rings. The van der Waals surface area contributed by atoms with Crippen LogP contribution in [-0.2, 0) is 9.53 Å². The monoisotopic (exact) mass is 530 g/mol. The van der Waals surface area contributed by atoms with E-state index in [-0.39, 0.29) is 23.7 Å². The van der Waals surface area contributed by atoms with Crippen LogP contribution in [0.2, 0.25) is 0 Å².